The summed E-state index contributed by atoms with van der Waals surface area (Å²) < 4.78 is 11.7. The first kappa shape index (κ1) is 24.8. The molecule has 1 aliphatic heterocycles. The number of fused-ring (bicyclic) bond motifs is 2. The molecule has 3 aromatic rings. The second-order valence-electron chi connectivity index (χ2n) is 9.09. The number of para-hydroxylation sites is 2. The lowest BCUT2D eigenvalue weighted by Crippen LogP contribution is -2.34. The number of aryl methyl sites for hydroxylation is 2. The topological polar surface area (TPSA) is 59.0 Å². The molecule has 3 atom stereocenters. The molecule has 5 heteroatoms. The van der Waals surface area contributed by atoms with Gasteiger partial charge in [-0.25, -0.2) is 4.79 Å². The summed E-state index contributed by atoms with van der Waals surface area (Å²) in [5, 5.41) is 9.60. The third-order valence-electron chi connectivity index (χ3n) is 6.80. The van der Waals surface area contributed by atoms with Crippen molar-refractivity contribution >= 4 is 17.3 Å². The molecule has 184 valence electrons. The van der Waals surface area contributed by atoms with Crippen LogP contribution in [0, 0.1) is 0 Å². The molecule has 0 amide bonds. The van der Waals surface area contributed by atoms with Gasteiger partial charge in [-0.2, -0.15) is 0 Å². The molecule has 0 fully saturated rings. The summed E-state index contributed by atoms with van der Waals surface area (Å²) in [5.74, 6) is -0.355. The number of carboxylic acids is 1. The van der Waals surface area contributed by atoms with Gasteiger partial charge >= 0.3 is 5.97 Å². The molecule has 1 aliphatic rings. The van der Waals surface area contributed by atoms with Gasteiger partial charge in [0.1, 0.15) is 12.4 Å². The normalized spacial score (nSPS) is 15.3. The first-order valence-corrected chi connectivity index (χ1v) is 12.6. The van der Waals surface area contributed by atoms with Crippen molar-refractivity contribution in [2.75, 3.05) is 18.1 Å². The predicted octanol–water partition coefficient (Wildman–Crippen LogP) is 6.37. The minimum absolute atomic E-state index is 0.118. The average molecular weight is 474 g/mol. The Morgan fingerprint density at radius 1 is 0.914 bits per heavy atom. The molecule has 0 aliphatic carbocycles. The van der Waals surface area contributed by atoms with Gasteiger partial charge < -0.3 is 19.5 Å². The van der Waals surface area contributed by atoms with E-state index in [2.05, 4.69) is 60.4 Å². The fourth-order valence-electron chi connectivity index (χ4n) is 5.05. The van der Waals surface area contributed by atoms with Crippen molar-refractivity contribution in [3.8, 4) is 5.75 Å². The number of carboxylic acid groups (broad SMARTS) is 1. The fourth-order valence-corrected chi connectivity index (χ4v) is 5.05. The van der Waals surface area contributed by atoms with Crippen LogP contribution in [0.2, 0.25) is 0 Å². The highest BCUT2D eigenvalue weighted by atomic mass is 16.5. The maximum Gasteiger partial charge on any atom is 0.333 e. The van der Waals surface area contributed by atoms with Crippen LogP contribution in [0.5, 0.6) is 5.75 Å². The Labute approximate surface area is 208 Å². The molecule has 4 rings (SSSR count). The van der Waals surface area contributed by atoms with E-state index in [4.69, 9.17) is 9.47 Å². The molecule has 3 unspecified atom stereocenters. The molecule has 0 aromatic heterocycles. The van der Waals surface area contributed by atoms with Crippen molar-refractivity contribution in [3.05, 3.63) is 89.5 Å². The number of hydrogen-bond donors (Lipinski definition) is 1. The van der Waals surface area contributed by atoms with Gasteiger partial charge in [-0.3, -0.25) is 0 Å². The van der Waals surface area contributed by atoms with Gasteiger partial charge in [0.25, 0.3) is 0 Å². The van der Waals surface area contributed by atoms with Crippen LogP contribution >= 0.6 is 0 Å². The molecule has 0 spiro atoms. The Morgan fingerprint density at radius 2 is 1.49 bits per heavy atom. The molecule has 0 saturated carbocycles. The SMILES string of the molecule is CCOC(C(=O)O)C(CC)c1ccc(OCC(C)N2c3ccccc3CCc3ccccc32)cc1. The van der Waals surface area contributed by atoms with Crippen LogP contribution in [0.15, 0.2) is 72.8 Å². The van der Waals surface area contributed by atoms with Crippen LogP contribution in [0.25, 0.3) is 0 Å². The summed E-state index contributed by atoms with van der Waals surface area (Å²) in [6.07, 6.45) is 1.88. The van der Waals surface area contributed by atoms with Gasteiger partial charge in [0, 0.05) is 23.9 Å². The van der Waals surface area contributed by atoms with Crippen LogP contribution in [-0.4, -0.2) is 36.4 Å². The second-order valence-corrected chi connectivity index (χ2v) is 9.09. The average Bonchev–Trinajstić information content (AvgIpc) is 3.05. The van der Waals surface area contributed by atoms with E-state index >= 15 is 0 Å². The maximum atomic E-state index is 11.7. The van der Waals surface area contributed by atoms with Gasteiger partial charge in [0.05, 0.1) is 6.04 Å². The van der Waals surface area contributed by atoms with E-state index in [9.17, 15) is 9.90 Å². The molecule has 1 N–H and O–H groups in total. The number of nitrogens with zero attached hydrogens (tertiary/aromatic N) is 1. The van der Waals surface area contributed by atoms with E-state index in [1.165, 1.54) is 22.5 Å². The van der Waals surface area contributed by atoms with Gasteiger partial charge in [-0.05, 0) is 74.1 Å². The summed E-state index contributed by atoms with van der Waals surface area (Å²) in [4.78, 5) is 14.1. The summed E-state index contributed by atoms with van der Waals surface area (Å²) in [6.45, 7) is 6.90. The largest absolute Gasteiger partial charge is 0.491 e. The highest BCUT2D eigenvalue weighted by Gasteiger charge is 2.29. The van der Waals surface area contributed by atoms with Gasteiger partial charge in [-0.1, -0.05) is 55.5 Å². The van der Waals surface area contributed by atoms with Crippen LogP contribution in [0.1, 0.15) is 49.8 Å². The quantitative estimate of drug-likeness (QED) is 0.371. The molecular formula is C30H35NO4. The standard InChI is InChI=1S/C30H35NO4/c1-4-26(29(30(32)33)34-5-2)22-16-18-25(19-17-22)35-20-21(3)31-27-12-8-6-10-23(27)14-15-24-11-7-9-13-28(24)31/h6-13,16-19,21,26,29H,4-5,14-15,20H2,1-3H3,(H,32,33). The van der Waals surface area contributed by atoms with E-state index in [1.807, 2.05) is 38.1 Å². The van der Waals surface area contributed by atoms with E-state index in [-0.39, 0.29) is 12.0 Å². The Balaban J connectivity index is 1.50. The number of rotatable bonds is 10. The lowest BCUT2D eigenvalue weighted by molar-refractivity contribution is -0.151. The third kappa shape index (κ3) is 5.51. The maximum absolute atomic E-state index is 11.7. The number of anilines is 2. The Kier molecular flexibility index (Phi) is 8.09. The first-order valence-electron chi connectivity index (χ1n) is 12.6. The fraction of sp³-hybridized carbons (Fsp3) is 0.367. The zero-order valence-corrected chi connectivity index (χ0v) is 20.8. The van der Waals surface area contributed by atoms with Crippen molar-refractivity contribution in [1.82, 2.24) is 0 Å². The monoisotopic (exact) mass is 473 g/mol. The van der Waals surface area contributed by atoms with Crippen molar-refractivity contribution in [2.45, 2.75) is 58.1 Å². The molecule has 5 nitrogen and oxygen atoms in total. The van der Waals surface area contributed by atoms with Crippen molar-refractivity contribution in [1.29, 1.82) is 0 Å². The molecular weight excluding hydrogens is 438 g/mol. The Bertz CT molecular complexity index is 1080. The summed E-state index contributed by atoms with van der Waals surface area (Å²) in [5.41, 5.74) is 6.14. The van der Waals surface area contributed by atoms with E-state index < -0.39 is 12.1 Å². The molecule has 0 radical (unpaired) electrons. The number of ether oxygens (including phenoxy) is 2. The number of carbonyl (C=O) groups is 1. The summed E-state index contributed by atoms with van der Waals surface area (Å²) in [7, 11) is 0. The lowest BCUT2D eigenvalue weighted by Gasteiger charge is -2.33. The molecule has 0 bridgehead atoms. The van der Waals surface area contributed by atoms with E-state index in [0.29, 0.717) is 19.6 Å². The highest BCUT2D eigenvalue weighted by molar-refractivity contribution is 5.74. The van der Waals surface area contributed by atoms with Gasteiger partial charge in [-0.15, -0.1) is 0 Å². The molecule has 1 heterocycles. The van der Waals surface area contributed by atoms with Crippen molar-refractivity contribution in [2.24, 2.45) is 0 Å². The molecule has 0 saturated heterocycles. The second kappa shape index (κ2) is 11.4. The Morgan fingerprint density at radius 3 is 2.00 bits per heavy atom. The van der Waals surface area contributed by atoms with E-state index in [1.54, 1.807) is 0 Å². The van der Waals surface area contributed by atoms with Crippen LogP contribution in [0.3, 0.4) is 0 Å². The predicted molar refractivity (Wildman–Crippen MR) is 140 cm³/mol. The summed E-state index contributed by atoms with van der Waals surface area (Å²) in [6, 6.07) is 25.2. The molecule has 35 heavy (non-hydrogen) atoms. The lowest BCUT2D eigenvalue weighted by atomic mass is 9.90. The zero-order chi connectivity index (χ0) is 24.8. The number of aliphatic carboxylic acids is 1. The first-order chi connectivity index (χ1) is 17.0. The van der Waals surface area contributed by atoms with Crippen LogP contribution in [-0.2, 0) is 22.4 Å². The zero-order valence-electron chi connectivity index (χ0n) is 20.8. The third-order valence-corrected chi connectivity index (χ3v) is 6.80. The van der Waals surface area contributed by atoms with Crippen molar-refractivity contribution in [3.63, 3.8) is 0 Å². The molecule has 3 aromatic carbocycles. The van der Waals surface area contributed by atoms with Gasteiger partial charge in [0.15, 0.2) is 6.10 Å². The minimum atomic E-state index is -0.925. The Hall–Kier alpha value is -3.31. The summed E-state index contributed by atoms with van der Waals surface area (Å²) >= 11 is 0. The van der Waals surface area contributed by atoms with Crippen molar-refractivity contribution < 1.29 is 19.4 Å². The minimum Gasteiger partial charge on any atom is -0.491 e. The number of benzene rings is 3. The van der Waals surface area contributed by atoms with E-state index in [0.717, 1.165) is 24.2 Å². The van der Waals surface area contributed by atoms with Crippen LogP contribution in [0.4, 0.5) is 11.4 Å². The van der Waals surface area contributed by atoms with Gasteiger partial charge in [0.2, 0.25) is 0 Å². The number of hydrogen-bond acceptors (Lipinski definition) is 4. The smallest absolute Gasteiger partial charge is 0.333 e. The van der Waals surface area contributed by atoms with Crippen LogP contribution < -0.4 is 9.64 Å². The highest BCUT2D eigenvalue weighted by Crippen LogP contribution is 2.37.